The van der Waals surface area contributed by atoms with Crippen LogP contribution in [0.1, 0.15) is 47.9 Å². The minimum Gasteiger partial charge on any atom is -0.481 e. The first kappa shape index (κ1) is 14.6. The fourth-order valence-corrected chi connectivity index (χ4v) is 3.12. The molecule has 1 amide bonds. The van der Waals surface area contributed by atoms with Crippen molar-refractivity contribution in [1.82, 2.24) is 9.88 Å². The van der Waals surface area contributed by atoms with E-state index in [-0.39, 0.29) is 17.9 Å². The van der Waals surface area contributed by atoms with Crippen molar-refractivity contribution < 1.29 is 14.7 Å². The van der Waals surface area contributed by atoms with Crippen LogP contribution in [-0.2, 0) is 11.3 Å². The Morgan fingerprint density at radius 2 is 2.10 bits per heavy atom. The SMILES string of the molecule is CCn1c(C)cc(C(=O)N[C@@H]2CC[C@H](C(=O)O)C2)c1C. The molecule has 2 atom stereocenters. The molecule has 1 aromatic heterocycles. The van der Waals surface area contributed by atoms with Crippen molar-refractivity contribution in [3.05, 3.63) is 23.0 Å². The molecule has 0 saturated heterocycles. The Balaban J connectivity index is 2.05. The van der Waals surface area contributed by atoms with Gasteiger partial charge in [0.1, 0.15) is 0 Å². The summed E-state index contributed by atoms with van der Waals surface area (Å²) in [7, 11) is 0. The Bertz CT molecular complexity index is 533. The number of aryl methyl sites for hydroxylation is 1. The van der Waals surface area contributed by atoms with Crippen LogP contribution in [0.25, 0.3) is 0 Å². The second kappa shape index (κ2) is 5.69. The standard InChI is InChI=1S/C15H22N2O3/c1-4-17-9(2)7-13(10(17)3)14(18)16-12-6-5-11(8-12)15(19)20/h7,11-12H,4-6,8H2,1-3H3,(H,16,18)(H,19,20)/t11-,12+/m0/s1. The molecule has 0 spiro atoms. The first-order valence-electron chi connectivity index (χ1n) is 7.14. The van der Waals surface area contributed by atoms with E-state index in [1.54, 1.807) is 0 Å². The average molecular weight is 278 g/mol. The molecule has 2 N–H and O–H groups in total. The van der Waals surface area contributed by atoms with Gasteiger partial charge < -0.3 is 15.0 Å². The average Bonchev–Trinajstić information content (AvgIpc) is 2.94. The van der Waals surface area contributed by atoms with E-state index in [4.69, 9.17) is 5.11 Å². The Hall–Kier alpha value is -1.78. The second-order valence-corrected chi connectivity index (χ2v) is 5.55. The third-order valence-electron chi connectivity index (χ3n) is 4.25. The van der Waals surface area contributed by atoms with E-state index in [0.717, 1.165) is 24.4 Å². The zero-order valence-corrected chi connectivity index (χ0v) is 12.3. The summed E-state index contributed by atoms with van der Waals surface area (Å²) in [5, 5.41) is 12.0. The molecule has 1 saturated carbocycles. The first-order valence-corrected chi connectivity index (χ1v) is 7.14. The number of aliphatic carboxylic acids is 1. The number of hydrogen-bond donors (Lipinski definition) is 2. The van der Waals surface area contributed by atoms with E-state index in [2.05, 4.69) is 16.8 Å². The third-order valence-corrected chi connectivity index (χ3v) is 4.25. The molecule has 0 unspecified atom stereocenters. The Morgan fingerprint density at radius 3 is 2.60 bits per heavy atom. The van der Waals surface area contributed by atoms with Crippen LogP contribution in [0.4, 0.5) is 0 Å². The molecular formula is C15H22N2O3. The molecule has 2 rings (SSSR count). The van der Waals surface area contributed by atoms with E-state index >= 15 is 0 Å². The van der Waals surface area contributed by atoms with Gasteiger partial charge in [-0.1, -0.05) is 0 Å². The van der Waals surface area contributed by atoms with Gasteiger partial charge in [0.25, 0.3) is 5.91 Å². The molecule has 1 aliphatic rings. The summed E-state index contributed by atoms with van der Waals surface area (Å²) >= 11 is 0. The van der Waals surface area contributed by atoms with Gasteiger partial charge >= 0.3 is 5.97 Å². The molecule has 110 valence electrons. The van der Waals surface area contributed by atoms with Crippen LogP contribution >= 0.6 is 0 Å². The fraction of sp³-hybridized carbons (Fsp3) is 0.600. The quantitative estimate of drug-likeness (QED) is 0.886. The van der Waals surface area contributed by atoms with Gasteiger partial charge in [0.05, 0.1) is 11.5 Å². The highest BCUT2D eigenvalue weighted by molar-refractivity contribution is 5.96. The number of carboxylic acids is 1. The smallest absolute Gasteiger partial charge is 0.306 e. The van der Waals surface area contributed by atoms with E-state index in [9.17, 15) is 9.59 Å². The molecule has 5 nitrogen and oxygen atoms in total. The van der Waals surface area contributed by atoms with Crippen LogP contribution in [0.2, 0.25) is 0 Å². The summed E-state index contributed by atoms with van der Waals surface area (Å²) in [6.45, 7) is 6.83. The number of hydrogen-bond acceptors (Lipinski definition) is 2. The third kappa shape index (κ3) is 2.71. The van der Waals surface area contributed by atoms with Gasteiger partial charge in [0, 0.05) is 24.0 Å². The van der Waals surface area contributed by atoms with E-state index in [1.165, 1.54) is 0 Å². The molecule has 0 radical (unpaired) electrons. The van der Waals surface area contributed by atoms with Crippen LogP contribution in [-0.4, -0.2) is 27.6 Å². The Kier molecular flexibility index (Phi) is 4.16. The first-order chi connectivity index (χ1) is 9.43. The van der Waals surface area contributed by atoms with E-state index in [0.29, 0.717) is 18.4 Å². The lowest BCUT2D eigenvalue weighted by Gasteiger charge is -2.12. The van der Waals surface area contributed by atoms with Gasteiger partial charge in [0.2, 0.25) is 0 Å². The van der Waals surface area contributed by atoms with Gasteiger partial charge in [-0.05, 0) is 46.1 Å². The number of nitrogens with one attached hydrogen (secondary N) is 1. The second-order valence-electron chi connectivity index (χ2n) is 5.55. The molecule has 1 aromatic rings. The highest BCUT2D eigenvalue weighted by atomic mass is 16.4. The minimum absolute atomic E-state index is 0.0201. The maximum absolute atomic E-state index is 12.3. The molecule has 0 aliphatic heterocycles. The van der Waals surface area contributed by atoms with Crippen molar-refractivity contribution in [1.29, 1.82) is 0 Å². The normalized spacial score (nSPS) is 21.9. The van der Waals surface area contributed by atoms with Crippen molar-refractivity contribution in [3.8, 4) is 0 Å². The predicted molar refractivity (Wildman–Crippen MR) is 75.8 cm³/mol. The molecule has 5 heteroatoms. The van der Waals surface area contributed by atoms with Crippen molar-refractivity contribution >= 4 is 11.9 Å². The van der Waals surface area contributed by atoms with Gasteiger partial charge in [-0.15, -0.1) is 0 Å². The number of rotatable bonds is 4. The number of carboxylic acid groups (broad SMARTS) is 1. The van der Waals surface area contributed by atoms with Crippen LogP contribution in [0.15, 0.2) is 6.07 Å². The van der Waals surface area contributed by atoms with Crippen molar-refractivity contribution in [2.45, 2.75) is 52.6 Å². The Morgan fingerprint density at radius 1 is 1.40 bits per heavy atom. The fourth-order valence-electron chi connectivity index (χ4n) is 3.12. The van der Waals surface area contributed by atoms with E-state index in [1.807, 2.05) is 19.9 Å². The van der Waals surface area contributed by atoms with Crippen molar-refractivity contribution in [2.24, 2.45) is 5.92 Å². The minimum atomic E-state index is -0.758. The van der Waals surface area contributed by atoms with Crippen LogP contribution in [0.3, 0.4) is 0 Å². The summed E-state index contributed by atoms with van der Waals surface area (Å²) < 4.78 is 2.10. The van der Waals surface area contributed by atoms with Gasteiger partial charge in [-0.2, -0.15) is 0 Å². The molecular weight excluding hydrogens is 256 g/mol. The van der Waals surface area contributed by atoms with Gasteiger partial charge in [0.15, 0.2) is 0 Å². The van der Waals surface area contributed by atoms with Gasteiger partial charge in [-0.3, -0.25) is 9.59 Å². The lowest BCUT2D eigenvalue weighted by molar-refractivity contribution is -0.141. The Labute approximate surface area is 119 Å². The molecule has 1 heterocycles. The lowest BCUT2D eigenvalue weighted by Crippen LogP contribution is -2.33. The summed E-state index contributed by atoms with van der Waals surface area (Å²) in [6, 6.07) is 1.88. The summed E-state index contributed by atoms with van der Waals surface area (Å²) in [5.74, 6) is -1.16. The zero-order chi connectivity index (χ0) is 14.9. The molecule has 0 bridgehead atoms. The maximum atomic E-state index is 12.3. The largest absolute Gasteiger partial charge is 0.481 e. The monoisotopic (exact) mass is 278 g/mol. The molecule has 1 fully saturated rings. The maximum Gasteiger partial charge on any atom is 0.306 e. The van der Waals surface area contributed by atoms with Crippen LogP contribution in [0, 0.1) is 19.8 Å². The number of aromatic nitrogens is 1. The van der Waals surface area contributed by atoms with Crippen LogP contribution in [0.5, 0.6) is 0 Å². The number of amides is 1. The number of carbonyl (C=O) groups is 2. The van der Waals surface area contributed by atoms with Gasteiger partial charge in [-0.25, -0.2) is 0 Å². The summed E-state index contributed by atoms with van der Waals surface area (Å²) in [6.07, 6.45) is 1.93. The lowest BCUT2D eigenvalue weighted by atomic mass is 10.1. The van der Waals surface area contributed by atoms with Crippen LogP contribution < -0.4 is 5.32 Å². The summed E-state index contributed by atoms with van der Waals surface area (Å²) in [4.78, 5) is 23.2. The highest BCUT2D eigenvalue weighted by Crippen LogP contribution is 2.26. The predicted octanol–water partition coefficient (Wildman–Crippen LogP) is 2.11. The number of carbonyl (C=O) groups excluding carboxylic acids is 1. The van der Waals surface area contributed by atoms with Crippen molar-refractivity contribution in [2.75, 3.05) is 0 Å². The topological polar surface area (TPSA) is 71.3 Å². The molecule has 20 heavy (non-hydrogen) atoms. The summed E-state index contributed by atoms with van der Waals surface area (Å²) in [5.41, 5.74) is 2.74. The molecule has 0 aromatic carbocycles. The van der Waals surface area contributed by atoms with E-state index < -0.39 is 5.97 Å². The van der Waals surface area contributed by atoms with Crippen molar-refractivity contribution in [3.63, 3.8) is 0 Å². The molecule has 1 aliphatic carbocycles. The zero-order valence-electron chi connectivity index (χ0n) is 12.3. The highest BCUT2D eigenvalue weighted by Gasteiger charge is 2.31. The number of nitrogens with zero attached hydrogens (tertiary/aromatic N) is 1.